The summed E-state index contributed by atoms with van der Waals surface area (Å²) in [5.74, 6) is -0.861. The zero-order valence-electron chi connectivity index (χ0n) is 8.70. The minimum Gasteiger partial charge on any atom is -0.481 e. The van der Waals surface area contributed by atoms with Gasteiger partial charge in [0.25, 0.3) is 0 Å². The first kappa shape index (κ1) is 12.3. The van der Waals surface area contributed by atoms with Gasteiger partial charge in [-0.25, -0.2) is 0 Å². The van der Waals surface area contributed by atoms with Crippen molar-refractivity contribution in [2.75, 3.05) is 5.32 Å². The molecule has 0 saturated carbocycles. The highest BCUT2D eigenvalue weighted by Gasteiger charge is 2.08. The van der Waals surface area contributed by atoms with E-state index in [2.05, 4.69) is 5.32 Å². The van der Waals surface area contributed by atoms with E-state index < -0.39 is 5.97 Å². The molecule has 1 aromatic rings. The van der Waals surface area contributed by atoms with E-state index in [9.17, 15) is 4.79 Å². The van der Waals surface area contributed by atoms with E-state index in [1.165, 1.54) is 0 Å². The normalized spacial score (nSPS) is 11.6. The summed E-state index contributed by atoms with van der Waals surface area (Å²) in [7, 11) is 0. The number of hydrogen-bond donors (Lipinski definition) is 2. The van der Waals surface area contributed by atoms with Gasteiger partial charge in [0, 0.05) is 11.7 Å². The number of carbonyl (C=O) groups is 1. The number of benzene rings is 1. The SMILES string of the molecule is CC(CC(=O)O)Nc1ccc(C#N)c(Cl)c1. The van der Waals surface area contributed by atoms with E-state index >= 15 is 0 Å². The average molecular weight is 239 g/mol. The molecule has 4 nitrogen and oxygen atoms in total. The summed E-state index contributed by atoms with van der Waals surface area (Å²) in [6.07, 6.45) is 0.0254. The van der Waals surface area contributed by atoms with Crippen LogP contribution in [0.1, 0.15) is 18.9 Å². The molecule has 0 aliphatic rings. The van der Waals surface area contributed by atoms with Crippen LogP contribution in [0.25, 0.3) is 0 Å². The Morgan fingerprint density at radius 3 is 2.88 bits per heavy atom. The molecule has 0 aliphatic carbocycles. The number of hydrogen-bond acceptors (Lipinski definition) is 3. The van der Waals surface area contributed by atoms with Gasteiger partial charge in [-0.05, 0) is 25.1 Å². The van der Waals surface area contributed by atoms with Gasteiger partial charge >= 0.3 is 5.97 Å². The van der Waals surface area contributed by atoms with Gasteiger partial charge in [0.05, 0.1) is 17.0 Å². The van der Waals surface area contributed by atoms with Crippen LogP contribution in [-0.2, 0) is 4.79 Å². The number of carboxylic acid groups (broad SMARTS) is 1. The monoisotopic (exact) mass is 238 g/mol. The van der Waals surface area contributed by atoms with E-state index in [1.807, 2.05) is 6.07 Å². The summed E-state index contributed by atoms with van der Waals surface area (Å²) < 4.78 is 0. The molecule has 84 valence electrons. The Morgan fingerprint density at radius 2 is 2.38 bits per heavy atom. The van der Waals surface area contributed by atoms with Crippen molar-refractivity contribution < 1.29 is 9.90 Å². The first-order valence-corrected chi connectivity index (χ1v) is 5.08. The summed E-state index contributed by atoms with van der Waals surface area (Å²) in [5, 5.41) is 20.6. The molecule has 0 saturated heterocycles. The van der Waals surface area contributed by atoms with Crippen LogP contribution in [0.3, 0.4) is 0 Å². The van der Waals surface area contributed by atoms with Crippen LogP contribution in [0.5, 0.6) is 0 Å². The third-order valence-corrected chi connectivity index (χ3v) is 2.30. The van der Waals surface area contributed by atoms with Gasteiger partial charge in [-0.15, -0.1) is 0 Å². The van der Waals surface area contributed by atoms with Crippen LogP contribution in [0.2, 0.25) is 5.02 Å². The summed E-state index contributed by atoms with van der Waals surface area (Å²) in [5.41, 5.74) is 1.11. The Kier molecular flexibility index (Phi) is 4.15. The third-order valence-electron chi connectivity index (χ3n) is 1.98. The van der Waals surface area contributed by atoms with Crippen LogP contribution in [-0.4, -0.2) is 17.1 Å². The second-order valence-corrected chi connectivity index (χ2v) is 3.86. The fourth-order valence-electron chi connectivity index (χ4n) is 1.29. The number of halogens is 1. The Labute approximate surface area is 98.5 Å². The molecule has 0 fully saturated rings. The molecule has 0 radical (unpaired) electrons. The zero-order chi connectivity index (χ0) is 12.1. The highest BCUT2D eigenvalue weighted by Crippen LogP contribution is 2.20. The zero-order valence-corrected chi connectivity index (χ0v) is 9.45. The van der Waals surface area contributed by atoms with Crippen molar-refractivity contribution in [2.45, 2.75) is 19.4 Å². The Hall–Kier alpha value is -1.73. The van der Waals surface area contributed by atoms with E-state index in [0.29, 0.717) is 16.3 Å². The largest absolute Gasteiger partial charge is 0.481 e. The van der Waals surface area contributed by atoms with E-state index in [0.717, 1.165) is 0 Å². The van der Waals surface area contributed by atoms with Crippen LogP contribution in [0.4, 0.5) is 5.69 Å². The summed E-state index contributed by atoms with van der Waals surface area (Å²) in [6, 6.07) is 6.66. The van der Waals surface area contributed by atoms with Gasteiger partial charge in [-0.2, -0.15) is 5.26 Å². The number of carboxylic acids is 1. The predicted molar refractivity (Wildman–Crippen MR) is 61.5 cm³/mol. The van der Waals surface area contributed by atoms with Gasteiger partial charge < -0.3 is 10.4 Å². The number of nitriles is 1. The lowest BCUT2D eigenvalue weighted by Gasteiger charge is -2.13. The van der Waals surface area contributed by atoms with E-state index in [4.69, 9.17) is 22.0 Å². The van der Waals surface area contributed by atoms with Crippen LogP contribution in [0.15, 0.2) is 18.2 Å². The summed E-state index contributed by atoms with van der Waals surface area (Å²) >= 11 is 5.84. The topological polar surface area (TPSA) is 73.1 Å². The molecule has 0 aromatic heterocycles. The Bertz CT molecular complexity index is 440. The fourth-order valence-corrected chi connectivity index (χ4v) is 1.52. The maximum absolute atomic E-state index is 10.5. The van der Waals surface area contributed by atoms with Crippen LogP contribution < -0.4 is 5.32 Å². The fraction of sp³-hybridized carbons (Fsp3) is 0.273. The van der Waals surface area contributed by atoms with Crippen LogP contribution >= 0.6 is 11.6 Å². The summed E-state index contributed by atoms with van der Waals surface area (Å²) in [6.45, 7) is 1.76. The highest BCUT2D eigenvalue weighted by molar-refractivity contribution is 6.32. The van der Waals surface area contributed by atoms with Gasteiger partial charge in [0.15, 0.2) is 0 Å². The van der Waals surface area contributed by atoms with Crippen molar-refractivity contribution in [2.24, 2.45) is 0 Å². The molecule has 1 rings (SSSR count). The minimum absolute atomic E-state index is 0.0254. The molecule has 0 aliphatic heterocycles. The minimum atomic E-state index is -0.861. The number of aliphatic carboxylic acids is 1. The molecule has 1 aromatic carbocycles. The second-order valence-electron chi connectivity index (χ2n) is 3.45. The molecule has 5 heteroatoms. The van der Waals surface area contributed by atoms with E-state index in [1.54, 1.807) is 25.1 Å². The first-order valence-electron chi connectivity index (χ1n) is 4.71. The van der Waals surface area contributed by atoms with Crippen molar-refractivity contribution in [3.05, 3.63) is 28.8 Å². The average Bonchev–Trinajstić information content (AvgIpc) is 2.16. The standard InChI is InChI=1S/C11H11ClN2O2/c1-7(4-11(15)16)14-9-3-2-8(6-13)10(12)5-9/h2-3,5,7,14H,4H2,1H3,(H,15,16). The van der Waals surface area contributed by atoms with Crippen molar-refractivity contribution in [3.8, 4) is 6.07 Å². The number of rotatable bonds is 4. The van der Waals surface area contributed by atoms with Gasteiger partial charge in [-0.3, -0.25) is 4.79 Å². The molecule has 1 atom stereocenters. The molecule has 0 spiro atoms. The maximum atomic E-state index is 10.5. The quantitative estimate of drug-likeness (QED) is 0.845. The first-order chi connectivity index (χ1) is 7.52. The smallest absolute Gasteiger partial charge is 0.305 e. The molecule has 0 amide bonds. The molecular weight excluding hydrogens is 228 g/mol. The molecule has 16 heavy (non-hydrogen) atoms. The van der Waals surface area contributed by atoms with Crippen molar-refractivity contribution in [3.63, 3.8) is 0 Å². The molecule has 0 heterocycles. The number of nitrogens with one attached hydrogen (secondary N) is 1. The highest BCUT2D eigenvalue weighted by atomic mass is 35.5. The number of anilines is 1. The van der Waals surface area contributed by atoms with Crippen molar-refractivity contribution >= 4 is 23.3 Å². The van der Waals surface area contributed by atoms with E-state index in [-0.39, 0.29) is 12.5 Å². The lowest BCUT2D eigenvalue weighted by Crippen LogP contribution is -2.19. The number of nitrogens with zero attached hydrogens (tertiary/aromatic N) is 1. The van der Waals surface area contributed by atoms with Gasteiger partial charge in [0.1, 0.15) is 6.07 Å². The summed E-state index contributed by atoms with van der Waals surface area (Å²) in [4.78, 5) is 10.5. The lowest BCUT2D eigenvalue weighted by molar-refractivity contribution is -0.137. The van der Waals surface area contributed by atoms with Gasteiger partial charge in [0.2, 0.25) is 0 Å². The molecule has 2 N–H and O–H groups in total. The van der Waals surface area contributed by atoms with Crippen molar-refractivity contribution in [1.82, 2.24) is 0 Å². The lowest BCUT2D eigenvalue weighted by atomic mass is 10.2. The molecule has 0 bridgehead atoms. The van der Waals surface area contributed by atoms with Gasteiger partial charge in [-0.1, -0.05) is 11.6 Å². The third kappa shape index (κ3) is 3.44. The van der Waals surface area contributed by atoms with Crippen molar-refractivity contribution in [1.29, 1.82) is 5.26 Å². The Balaban J connectivity index is 2.72. The maximum Gasteiger partial charge on any atom is 0.305 e. The second kappa shape index (κ2) is 5.38. The van der Waals surface area contributed by atoms with Crippen LogP contribution in [0, 0.1) is 11.3 Å². The Morgan fingerprint density at radius 1 is 1.69 bits per heavy atom. The molecule has 1 unspecified atom stereocenters. The predicted octanol–water partition coefficient (Wildman–Crippen LogP) is 2.49. The molecular formula is C11H11ClN2O2.